The van der Waals surface area contributed by atoms with Crippen LogP contribution in [0.1, 0.15) is 165 Å². The van der Waals surface area contributed by atoms with E-state index in [-0.39, 0.29) is 36.5 Å². The van der Waals surface area contributed by atoms with Crippen molar-refractivity contribution in [3.05, 3.63) is 30.3 Å². The fourth-order valence-corrected chi connectivity index (χ4v) is 27.0. The first kappa shape index (κ1) is 124. The van der Waals surface area contributed by atoms with E-state index in [9.17, 15) is 101 Å². The largest absolute Gasteiger partial charge is 0.463 e. The molecule has 0 unspecified atom stereocenters. The van der Waals surface area contributed by atoms with Crippen LogP contribution < -0.4 is 21.1 Å². The molecule has 0 saturated carbocycles. The van der Waals surface area contributed by atoms with Crippen molar-refractivity contribution in [2.45, 2.75) is 364 Å². The van der Waals surface area contributed by atoms with Crippen LogP contribution in [0.3, 0.4) is 0 Å². The van der Waals surface area contributed by atoms with Crippen molar-refractivity contribution in [3.63, 3.8) is 0 Å². The molecule has 148 heavy (non-hydrogen) atoms. The minimum Gasteiger partial charge on any atom is -0.463 e. The molecule has 51 nitrogen and oxygen atoms in total. The van der Waals surface area contributed by atoms with Gasteiger partial charge in [0.2, 0.25) is 17.7 Å². The van der Waals surface area contributed by atoms with E-state index >= 15 is 0 Å². The van der Waals surface area contributed by atoms with Gasteiger partial charge in [-0.1, -0.05) is 53.7 Å². The van der Waals surface area contributed by atoms with Crippen LogP contribution in [0.25, 0.3) is 0 Å². The third-order valence-corrected chi connectivity index (χ3v) is 31.9. The second-order valence-corrected chi connectivity index (χ2v) is 43.3. The van der Waals surface area contributed by atoms with Crippen LogP contribution in [0.4, 0.5) is 0 Å². The van der Waals surface area contributed by atoms with Gasteiger partial charge in [-0.05, 0) is 36.5 Å². The molecule has 3 N–H and O–H groups in total. The molecule has 55 heteroatoms. The molecular formula is C93H131N3O48S3Si. The molecule has 1 aromatic rings. The summed E-state index contributed by atoms with van der Waals surface area (Å²) in [4.78, 5) is 275. The van der Waals surface area contributed by atoms with Gasteiger partial charge in [-0.15, -0.1) is 35.3 Å². The lowest BCUT2D eigenvalue weighted by atomic mass is 9.95. The van der Waals surface area contributed by atoms with Crippen LogP contribution >= 0.6 is 35.3 Å². The van der Waals surface area contributed by atoms with Gasteiger partial charge in [0.15, 0.2) is 92.1 Å². The SMILES string of the molecule is CC(=O)N[C@@H]1[C@@H](OC(C)=O)[C@H](O[C@@H]2O[C@H](COC(C)=O)[C@H](OC(C)=O)[C@H](OC(C)=O)[C@H]2OC(C)=O)[C@@H](COC(C)=O)O[C@H]1SCCC[Si](CCCS[C@@H]1O[C@H](COC(C)=O)[C@@H](O[C@@H]2O[C@H](COC(C)=O)[C@H](OC(C)=O)[C@H](OC(C)=O)[C@H]2OC(C)=O)[C@H](OC(C)=O)[C@H]1NC(C)=O)(CCCS[C@@H]1O[C@H](COC(C)=O)[C@@H](O[C@@H]2O[C@H](COC(C)=O)[C@H](OC(C)=O)[C@H](OC(C)=O)[C@H]2OC(C)=O)[C@H](OC(C)=O)[C@H]1NC(C)=O)c1ccccc1. The van der Waals surface area contributed by atoms with Gasteiger partial charge in [0.05, 0.1) is 8.07 Å². The molecule has 6 heterocycles. The third kappa shape index (κ3) is 39.1. The molecule has 0 radical (unpaired) electrons. The minimum atomic E-state index is -3.31. The van der Waals surface area contributed by atoms with Gasteiger partial charge in [-0.2, -0.15) is 0 Å². The van der Waals surface area contributed by atoms with Gasteiger partial charge in [0.25, 0.3) is 0 Å². The lowest BCUT2D eigenvalue weighted by Gasteiger charge is -2.49. The second kappa shape index (κ2) is 59.6. The molecule has 3 amide bonds. The summed E-state index contributed by atoms with van der Waals surface area (Å²) >= 11 is 3.32. The van der Waals surface area contributed by atoms with Crippen LogP contribution in [0.2, 0.25) is 18.1 Å². The fraction of sp³-hybridized carbons (Fsp3) is 0.710. The number of ether oxygens (including phenoxy) is 27. The van der Waals surface area contributed by atoms with E-state index in [0.717, 1.165) is 186 Å². The molecular weight excluding hydrogens is 2050 g/mol. The summed E-state index contributed by atoms with van der Waals surface area (Å²) in [5.74, 6) is -18.8. The van der Waals surface area contributed by atoms with Crippen molar-refractivity contribution in [1.29, 1.82) is 0 Å². The molecule has 0 bridgehead atoms. The summed E-state index contributed by atoms with van der Waals surface area (Å²) < 4.78 is 162. The summed E-state index contributed by atoms with van der Waals surface area (Å²) in [5, 5.41) is 9.32. The summed E-state index contributed by atoms with van der Waals surface area (Å²) in [6.07, 6.45) is -40.9. The molecule has 0 aromatic heterocycles. The van der Waals surface area contributed by atoms with Crippen LogP contribution in [0.5, 0.6) is 0 Å². The Morgan fingerprint density at radius 3 is 0.622 bits per heavy atom. The topological polar surface area (TPSA) is 644 Å². The van der Waals surface area contributed by atoms with Gasteiger partial charge in [0, 0.05) is 145 Å². The molecule has 6 aliphatic rings. The number of carbonyl (C=O) groups is 21. The second-order valence-electron chi connectivity index (χ2n) is 35.0. The number of rotatable bonds is 49. The Bertz CT molecular complexity index is 4360. The third-order valence-electron chi connectivity index (χ3n) is 22.7. The Labute approximate surface area is 865 Å². The van der Waals surface area contributed by atoms with Crippen molar-refractivity contribution in [2.75, 3.05) is 56.9 Å². The average molecular weight is 2180 g/mol. The van der Waals surface area contributed by atoms with Crippen molar-refractivity contribution in [2.24, 2.45) is 0 Å². The Hall–Kier alpha value is -11.0. The van der Waals surface area contributed by atoms with E-state index in [1.807, 2.05) is 24.3 Å². The first-order chi connectivity index (χ1) is 69.6. The van der Waals surface area contributed by atoms with Gasteiger partial charge >= 0.3 is 107 Å². The normalized spacial score (nSPS) is 29.7. The minimum absolute atomic E-state index is 0.108. The maximum atomic E-state index is 13.8. The molecule has 7 rings (SSSR count). The quantitative estimate of drug-likeness (QED) is 0.0358. The summed E-state index contributed by atoms with van der Waals surface area (Å²) in [6, 6.07) is 6.05. The highest BCUT2D eigenvalue weighted by molar-refractivity contribution is 8.00. The zero-order valence-electron chi connectivity index (χ0n) is 85.6. The lowest BCUT2D eigenvalue weighted by molar-refractivity contribution is -0.336. The van der Waals surface area contributed by atoms with Crippen LogP contribution in [0, 0.1) is 0 Å². The zero-order chi connectivity index (χ0) is 110. The number of amides is 3. The number of esters is 18. The highest BCUT2D eigenvalue weighted by Gasteiger charge is 2.62. The molecule has 6 saturated heterocycles. The van der Waals surface area contributed by atoms with Crippen molar-refractivity contribution in [1.82, 2.24) is 16.0 Å². The van der Waals surface area contributed by atoms with Crippen LogP contribution in [-0.4, -0.2) is 372 Å². The first-order valence-corrected chi connectivity index (χ1v) is 52.9. The van der Waals surface area contributed by atoms with Gasteiger partial charge in [0.1, 0.15) is 129 Å². The van der Waals surface area contributed by atoms with Crippen LogP contribution in [-0.2, 0) is 229 Å². The number of hydrogen-bond acceptors (Lipinski definition) is 51. The molecule has 30 atom stereocenters. The monoisotopic (exact) mass is 2180 g/mol. The maximum absolute atomic E-state index is 13.8. The van der Waals surface area contributed by atoms with Crippen molar-refractivity contribution in [3.8, 4) is 0 Å². The smallest absolute Gasteiger partial charge is 0.303 e. The Morgan fingerprint density at radius 1 is 0.236 bits per heavy atom. The predicted molar refractivity (Wildman–Crippen MR) is 503 cm³/mol. The molecule has 6 aliphatic heterocycles. The summed E-state index contributed by atoms with van der Waals surface area (Å²) in [6.45, 7) is 17.6. The predicted octanol–water partition coefficient (Wildman–Crippen LogP) is 1.29. The molecule has 0 spiro atoms. The van der Waals surface area contributed by atoms with Crippen molar-refractivity contribution >= 4 is 174 Å². The van der Waals surface area contributed by atoms with Crippen LogP contribution in [0.15, 0.2) is 30.3 Å². The van der Waals surface area contributed by atoms with E-state index in [0.29, 0.717) is 18.1 Å². The molecule has 1 aromatic carbocycles. The molecule has 6 fully saturated rings. The maximum Gasteiger partial charge on any atom is 0.303 e. The van der Waals surface area contributed by atoms with Gasteiger partial charge in [-0.25, -0.2) is 0 Å². The first-order valence-electron chi connectivity index (χ1n) is 47.1. The number of carbonyl (C=O) groups excluding carboxylic acids is 21. The standard InChI is InChI=1S/C93H131N3O48S3Si/c1-42(97)94-70-79(127-54(13)109)73(142-88-85(133-60(19)115)82(130-57(16)112)76(124-51(10)106)64(136-88)36-118-45(4)100)67(39-121-48(7)103)139-91(70)145-30-25-33-148(63-28-23-22-24-29-63,34-26-31-146-92-71(95-43(2)98)80(128-55(14)110)74(68(140-92)40-122-49(8)104)143-89-86(134-61(20)116)83(131-58(17)113)77(125-52(11)107)65(137-89)37-119-46(5)101)35-27-32-147-93-72(96-44(3)99)81(129-56(15)111)75(69(141-93)41-123-50(9)105)144-90-87(135-62(21)117)84(132-59(18)114)78(126-53(12)108)66(138-90)38-120-47(6)102/h22-24,28-29,64-93H,25-27,30-41H2,1-21H3,(H,94,97)(H,95,98)(H,96,99)/t64-,65-,66-,67-,68-,69-,70-,71-,72-,73-,74-,75-,76+,77+,78+,79-,80-,81-,82+,83+,84+,85-,86-,87-,88+,89+,90+,91+,92+,93+/m1/s1. The average Bonchev–Trinajstić information content (AvgIpc) is 0.767. The number of benzene rings is 1. The van der Waals surface area contributed by atoms with E-state index in [4.69, 9.17) is 128 Å². The number of thioether (sulfide) groups is 3. The Morgan fingerprint density at radius 2 is 0.426 bits per heavy atom. The number of nitrogens with one attached hydrogen (secondary N) is 3. The fourth-order valence-electron chi connectivity index (χ4n) is 17.6. The summed E-state index contributed by atoms with van der Waals surface area (Å²) in [5.41, 5.74) is -3.88. The molecule has 828 valence electrons. The summed E-state index contributed by atoms with van der Waals surface area (Å²) in [7, 11) is -3.31. The highest BCUT2D eigenvalue weighted by Crippen LogP contribution is 2.44. The number of hydrogen-bond donors (Lipinski definition) is 3. The molecule has 0 aliphatic carbocycles. The van der Waals surface area contributed by atoms with Crippen molar-refractivity contribution < 1.29 is 229 Å². The zero-order valence-corrected chi connectivity index (χ0v) is 89.1. The Kier molecular flexibility index (Phi) is 49.9. The highest BCUT2D eigenvalue weighted by atomic mass is 32.2. The van der Waals surface area contributed by atoms with E-state index in [2.05, 4.69) is 16.0 Å². The van der Waals surface area contributed by atoms with Gasteiger partial charge in [-0.3, -0.25) is 101 Å². The van der Waals surface area contributed by atoms with Gasteiger partial charge < -0.3 is 144 Å². The van der Waals surface area contributed by atoms with E-state index in [1.165, 1.54) is 0 Å². The van der Waals surface area contributed by atoms with E-state index in [1.54, 1.807) is 6.07 Å². The lowest BCUT2D eigenvalue weighted by Crippen LogP contribution is -2.68. The van der Waals surface area contributed by atoms with E-state index < -0.39 is 354 Å². The Balaban J connectivity index is 1.36.